The molecule has 0 aliphatic heterocycles. The van der Waals surface area contributed by atoms with Crippen molar-refractivity contribution in [1.82, 2.24) is 24.5 Å². The highest BCUT2D eigenvalue weighted by atomic mass is 35.5. The minimum atomic E-state index is -2.38. The first kappa shape index (κ1) is 53.5. The molecule has 14 nitrogen and oxygen atoms in total. The van der Waals surface area contributed by atoms with Gasteiger partial charge in [0.1, 0.15) is 53.1 Å². The number of carboxylic acid groups (broad SMARTS) is 1. The van der Waals surface area contributed by atoms with Gasteiger partial charge in [0.25, 0.3) is 0 Å². The van der Waals surface area contributed by atoms with Crippen LogP contribution in [0.25, 0.3) is 39.4 Å². The zero-order chi connectivity index (χ0) is 52.1. The number of aliphatic carboxylic acids is 1. The third kappa shape index (κ3) is 11.5. The molecule has 378 valence electrons. The predicted molar refractivity (Wildman–Crippen MR) is 280 cm³/mol. The van der Waals surface area contributed by atoms with Gasteiger partial charge in [-0.25, -0.2) is 24.1 Å². The van der Waals surface area contributed by atoms with Gasteiger partial charge in [0, 0.05) is 23.7 Å². The molecule has 3 heterocycles. The first-order chi connectivity index (χ1) is 34.3. The van der Waals surface area contributed by atoms with E-state index in [0.29, 0.717) is 68.0 Å². The number of aliphatic hydroxyl groups excluding tert-OH is 1. The zero-order valence-electron chi connectivity index (χ0n) is 41.1. The lowest BCUT2D eigenvalue weighted by molar-refractivity contribution is -0.145. The summed E-state index contributed by atoms with van der Waals surface area (Å²) in [6, 6.07) is 20.1. The number of carboxylic acids is 1. The highest BCUT2D eigenvalue weighted by Gasteiger charge is 2.39. The van der Waals surface area contributed by atoms with Crippen LogP contribution < -0.4 is 23.4 Å². The van der Waals surface area contributed by atoms with E-state index < -0.39 is 38.9 Å². The van der Waals surface area contributed by atoms with Crippen LogP contribution in [0.5, 0.6) is 28.9 Å². The Morgan fingerprint density at radius 1 is 0.931 bits per heavy atom. The van der Waals surface area contributed by atoms with Gasteiger partial charge < -0.3 is 42.9 Å². The highest BCUT2D eigenvalue weighted by molar-refractivity contribution is 6.74. The highest BCUT2D eigenvalue weighted by Crippen LogP contribution is 2.48. The van der Waals surface area contributed by atoms with E-state index in [9.17, 15) is 19.4 Å². The van der Waals surface area contributed by atoms with Crippen molar-refractivity contribution in [2.24, 2.45) is 0 Å². The molecule has 0 saturated heterocycles. The van der Waals surface area contributed by atoms with Crippen LogP contribution in [0.4, 0.5) is 4.39 Å². The maximum absolute atomic E-state index is 14.5. The number of aliphatic hydroxyl groups is 1. The number of aromatic nitrogens is 5. The van der Waals surface area contributed by atoms with Crippen molar-refractivity contribution >= 4 is 60.1 Å². The van der Waals surface area contributed by atoms with E-state index in [-0.39, 0.29) is 69.0 Å². The molecule has 0 aliphatic carbocycles. The van der Waals surface area contributed by atoms with Crippen LogP contribution >= 0.6 is 34.8 Å². The maximum Gasteiger partial charge on any atom is 0.345 e. The molecule has 3 aromatic heterocycles. The summed E-state index contributed by atoms with van der Waals surface area (Å²) in [5.41, 5.74) is 4.13. The summed E-state index contributed by atoms with van der Waals surface area (Å²) in [7, 11) is -0.807. The zero-order valence-corrected chi connectivity index (χ0v) is 44.3. The predicted octanol–water partition coefficient (Wildman–Crippen LogP) is 12.2. The average Bonchev–Trinajstić information content (AvgIpc) is 3.65. The number of ether oxygens (including phenoxy) is 5. The number of carbonyl (C=O) groups is 1. The lowest BCUT2D eigenvalue weighted by Gasteiger charge is -2.36. The molecule has 0 fully saturated rings. The van der Waals surface area contributed by atoms with E-state index in [1.165, 1.54) is 18.5 Å². The van der Waals surface area contributed by atoms with Gasteiger partial charge in [-0.2, -0.15) is 4.98 Å². The molecule has 2 N–H and O–H groups in total. The molecule has 1 unspecified atom stereocenters. The normalized spacial score (nSPS) is 12.6. The van der Waals surface area contributed by atoms with Crippen LogP contribution in [0, 0.1) is 19.7 Å². The van der Waals surface area contributed by atoms with Gasteiger partial charge in [-0.1, -0.05) is 73.8 Å². The molecule has 0 radical (unpaired) electrons. The molecule has 2 atom stereocenters. The van der Waals surface area contributed by atoms with Crippen LogP contribution in [0.3, 0.4) is 0 Å². The molecule has 0 bridgehead atoms. The summed E-state index contributed by atoms with van der Waals surface area (Å²) in [4.78, 5) is 31.8. The number of hydrogen-bond donors (Lipinski definition) is 2. The average molecular weight is 1060 g/mol. The summed E-state index contributed by atoms with van der Waals surface area (Å²) >= 11 is 21.5. The van der Waals surface area contributed by atoms with Crippen molar-refractivity contribution in [3.05, 3.63) is 141 Å². The van der Waals surface area contributed by atoms with Gasteiger partial charge in [0.2, 0.25) is 20.3 Å². The lowest BCUT2D eigenvalue weighted by Crippen LogP contribution is -2.43. The molecule has 0 amide bonds. The third-order valence-corrected chi connectivity index (χ3v) is 18.0. The quantitative estimate of drug-likeness (QED) is 0.0396. The van der Waals surface area contributed by atoms with Crippen molar-refractivity contribution in [2.45, 2.75) is 78.0 Å². The SMILES string of the molecule is C=CCOC[C@H](CO)Oc1c(Cl)c(C)c(-n2c(-c3ccc(F)cc3)c(Cl)c3ncnc(OC(Cc4cc(O[Si](C)(C)C(C)(C)C)ccc4OCc4ccnc(-c5ccccc5OC)n4)C(=O)O)c32)c(C)c1Cl. The number of halogens is 4. The Morgan fingerprint density at radius 2 is 1.64 bits per heavy atom. The number of benzene rings is 4. The lowest BCUT2D eigenvalue weighted by atomic mass is 10.1. The Hall–Kier alpha value is -6.27. The van der Waals surface area contributed by atoms with Gasteiger partial charge in [-0.05, 0) is 104 Å². The fraction of sp³-hybridized carbons (Fsp3) is 0.302. The van der Waals surface area contributed by atoms with Crippen LogP contribution in [-0.4, -0.2) is 88.1 Å². The fourth-order valence-corrected chi connectivity index (χ4v) is 9.49. The van der Waals surface area contributed by atoms with Crippen molar-refractivity contribution < 1.29 is 47.5 Å². The first-order valence-corrected chi connectivity index (χ1v) is 26.9. The molecule has 7 rings (SSSR count). The van der Waals surface area contributed by atoms with Crippen LogP contribution in [0.2, 0.25) is 33.2 Å². The molecule has 72 heavy (non-hydrogen) atoms. The molecule has 0 spiro atoms. The largest absolute Gasteiger partial charge is 0.543 e. The van der Waals surface area contributed by atoms with Crippen molar-refractivity contribution in [3.63, 3.8) is 0 Å². The van der Waals surface area contributed by atoms with E-state index in [1.807, 2.05) is 24.3 Å². The molecule has 19 heteroatoms. The van der Waals surface area contributed by atoms with Crippen LogP contribution in [0.15, 0.2) is 98.0 Å². The summed E-state index contributed by atoms with van der Waals surface area (Å²) in [5, 5.41) is 21.3. The second-order valence-electron chi connectivity index (χ2n) is 18.3. The second kappa shape index (κ2) is 22.7. The Balaban J connectivity index is 1.33. The smallest absolute Gasteiger partial charge is 0.345 e. The topological polar surface area (TPSA) is 169 Å². The van der Waals surface area contributed by atoms with E-state index in [4.69, 9.17) is 67.9 Å². The second-order valence-corrected chi connectivity index (χ2v) is 24.2. The molecule has 0 aliphatic rings. The monoisotopic (exact) mass is 1060 g/mol. The van der Waals surface area contributed by atoms with E-state index >= 15 is 0 Å². The van der Waals surface area contributed by atoms with Crippen LogP contribution in [0.1, 0.15) is 43.2 Å². The summed E-state index contributed by atoms with van der Waals surface area (Å²) in [5.74, 6) is 0.0651. The number of rotatable bonds is 21. The minimum absolute atomic E-state index is 0.000802. The maximum atomic E-state index is 14.5. The fourth-order valence-electron chi connectivity index (χ4n) is 7.63. The van der Waals surface area contributed by atoms with E-state index in [1.54, 1.807) is 74.2 Å². The number of hydrogen-bond acceptors (Lipinski definition) is 12. The van der Waals surface area contributed by atoms with E-state index in [2.05, 4.69) is 55.4 Å². The Labute approximate surface area is 433 Å². The summed E-state index contributed by atoms with van der Waals surface area (Å²) < 4.78 is 53.1. The van der Waals surface area contributed by atoms with Crippen LogP contribution in [-0.2, 0) is 22.6 Å². The number of fused-ring (bicyclic) bond motifs is 1. The molecule has 0 saturated carbocycles. The summed E-state index contributed by atoms with van der Waals surface area (Å²) in [6.07, 6.45) is 1.76. The van der Waals surface area contributed by atoms with Gasteiger partial charge in [-0.3, -0.25) is 0 Å². The molecule has 7 aromatic rings. The van der Waals surface area contributed by atoms with Gasteiger partial charge in [0.05, 0.1) is 64.6 Å². The van der Waals surface area contributed by atoms with Crippen molar-refractivity contribution in [1.29, 1.82) is 0 Å². The standard InChI is InChI=1S/C53H55Cl3FN5O9Si/c1-10-23-67-28-37(26-63)69-49-42(54)30(2)46(31(3)43(49)55)62-47(32-15-17-34(57)18-16-32)44(56)45-48(62)51(60-29-59-45)70-41(52(64)65)25-33-24-36(71-72(8,9)53(4,5)6)19-20-39(33)68-27-35-21-22-58-50(61-35)38-13-11-12-14-40(38)66-7/h10-22,24,29,37,41,63H,1,23,25-28H2,2-9H3,(H,64,65)/t37-,41?/m0/s1. The first-order valence-electron chi connectivity index (χ1n) is 22.8. The molecule has 4 aromatic carbocycles. The number of para-hydroxylation sites is 1. The molecular formula is C53H55Cl3FN5O9Si. The van der Waals surface area contributed by atoms with Crippen molar-refractivity contribution in [2.75, 3.05) is 26.9 Å². The van der Waals surface area contributed by atoms with Gasteiger partial charge in [-0.15, -0.1) is 6.58 Å². The Bertz CT molecular complexity index is 3080. The number of methoxy groups -OCH3 is 1. The Kier molecular flexibility index (Phi) is 16.8. The van der Waals surface area contributed by atoms with Gasteiger partial charge >= 0.3 is 5.97 Å². The van der Waals surface area contributed by atoms with E-state index in [0.717, 1.165) is 0 Å². The molecular weight excluding hydrogens is 1000 g/mol. The third-order valence-electron chi connectivity index (χ3n) is 12.4. The van der Waals surface area contributed by atoms with Gasteiger partial charge in [0.15, 0.2) is 11.6 Å². The minimum Gasteiger partial charge on any atom is -0.543 e. The number of nitrogens with zero attached hydrogens (tertiary/aromatic N) is 5. The van der Waals surface area contributed by atoms with Crippen molar-refractivity contribution in [3.8, 4) is 57.2 Å². The Morgan fingerprint density at radius 3 is 2.29 bits per heavy atom. The summed E-state index contributed by atoms with van der Waals surface area (Å²) in [6.45, 7) is 17.6.